The number of aromatic nitrogens is 4. The number of hydrogen-bond donors (Lipinski definition) is 3. The van der Waals surface area contributed by atoms with Gasteiger partial charge in [-0.2, -0.15) is 14.4 Å². The van der Waals surface area contributed by atoms with Crippen molar-refractivity contribution in [3.8, 4) is 0 Å². The summed E-state index contributed by atoms with van der Waals surface area (Å²) in [6, 6.07) is 0. The first-order valence-corrected chi connectivity index (χ1v) is 5.77. The van der Waals surface area contributed by atoms with E-state index in [9.17, 15) is 13.9 Å². The van der Waals surface area contributed by atoms with Gasteiger partial charge < -0.3 is 20.7 Å². The van der Waals surface area contributed by atoms with Crippen LogP contribution in [0.5, 0.6) is 0 Å². The summed E-state index contributed by atoms with van der Waals surface area (Å²) in [5.41, 5.74) is 5.55. The molecule has 1 aliphatic rings. The first-order valence-electron chi connectivity index (χ1n) is 5.77. The molecule has 1 saturated heterocycles. The smallest absolute Gasteiger partial charge is 0.312 e. The Morgan fingerprint density at radius 3 is 2.85 bits per heavy atom. The molecule has 20 heavy (non-hydrogen) atoms. The number of nitrogens with zero attached hydrogens (tertiary/aromatic N) is 4. The zero-order chi connectivity index (χ0) is 14.4. The molecule has 2 aromatic rings. The number of aliphatic hydroxyl groups excluding tert-OH is 2. The van der Waals surface area contributed by atoms with Crippen molar-refractivity contribution in [2.45, 2.75) is 24.6 Å². The van der Waals surface area contributed by atoms with Gasteiger partial charge in [-0.15, -0.1) is 0 Å². The van der Waals surface area contributed by atoms with E-state index in [2.05, 4.69) is 15.0 Å². The third kappa shape index (κ3) is 1.80. The number of ether oxygens (including phenoxy) is 1. The molecule has 0 unspecified atom stereocenters. The van der Waals surface area contributed by atoms with E-state index in [1.54, 1.807) is 0 Å². The Hall–Kier alpha value is -1.91. The van der Waals surface area contributed by atoms with Crippen LogP contribution in [0.2, 0.25) is 0 Å². The van der Waals surface area contributed by atoms with Gasteiger partial charge in [0, 0.05) is 0 Å². The Kier molecular flexibility index (Phi) is 3.00. The molecule has 0 bridgehead atoms. The molecule has 2 aromatic heterocycles. The lowest BCUT2D eigenvalue weighted by atomic mass is 10.1. The fourth-order valence-electron chi connectivity index (χ4n) is 2.18. The maximum Gasteiger partial charge on any atom is 0.312 e. The van der Waals surface area contributed by atoms with Crippen molar-refractivity contribution >= 4 is 17.0 Å². The molecular formula is C10H11F2N5O3. The van der Waals surface area contributed by atoms with Crippen LogP contribution in [0.1, 0.15) is 6.23 Å². The summed E-state index contributed by atoms with van der Waals surface area (Å²) in [7, 11) is 0. The van der Waals surface area contributed by atoms with Crippen molar-refractivity contribution in [3.05, 3.63) is 12.4 Å². The molecule has 8 nitrogen and oxygen atoms in total. The Morgan fingerprint density at radius 2 is 2.20 bits per heavy atom. The summed E-state index contributed by atoms with van der Waals surface area (Å²) in [5.74, 6) is -0.182. The number of imidazole rings is 1. The quantitative estimate of drug-likeness (QED) is 0.614. The normalized spacial score (nSPS) is 30.2. The minimum Gasteiger partial charge on any atom is -0.394 e. The second-order valence-electron chi connectivity index (χ2n) is 4.38. The Balaban J connectivity index is 2.07. The van der Waals surface area contributed by atoms with E-state index < -0.39 is 37.3 Å². The summed E-state index contributed by atoms with van der Waals surface area (Å²) in [6.07, 6.45) is -5.57. The van der Waals surface area contributed by atoms with E-state index in [1.165, 1.54) is 6.33 Å². The van der Waals surface area contributed by atoms with E-state index in [0.717, 1.165) is 4.57 Å². The lowest BCUT2D eigenvalue weighted by molar-refractivity contribution is -0.0459. The van der Waals surface area contributed by atoms with Crippen molar-refractivity contribution in [2.75, 3.05) is 12.3 Å². The van der Waals surface area contributed by atoms with E-state index in [-0.39, 0.29) is 17.0 Å². The average Bonchev–Trinajstić information content (AvgIpc) is 2.93. The van der Waals surface area contributed by atoms with Crippen molar-refractivity contribution in [1.82, 2.24) is 19.5 Å². The molecule has 0 aromatic carbocycles. The summed E-state index contributed by atoms with van der Waals surface area (Å²) < 4.78 is 33.5. The summed E-state index contributed by atoms with van der Waals surface area (Å²) >= 11 is 0. The number of fused-ring (bicyclic) bond motifs is 1. The molecule has 0 aliphatic carbocycles. The maximum absolute atomic E-state index is 14.0. The van der Waals surface area contributed by atoms with Crippen LogP contribution in [0, 0.1) is 6.08 Å². The number of aliphatic hydroxyl groups is 2. The number of hydrogen-bond acceptors (Lipinski definition) is 7. The largest absolute Gasteiger partial charge is 0.394 e. The zero-order valence-electron chi connectivity index (χ0n) is 10.0. The first-order chi connectivity index (χ1) is 9.52. The molecule has 0 radical (unpaired) electrons. The highest BCUT2D eigenvalue weighted by Gasteiger charge is 2.45. The molecule has 1 aliphatic heterocycles. The van der Waals surface area contributed by atoms with Gasteiger partial charge in [0.1, 0.15) is 12.2 Å². The van der Waals surface area contributed by atoms with E-state index in [4.69, 9.17) is 15.6 Å². The van der Waals surface area contributed by atoms with Crippen LogP contribution < -0.4 is 5.73 Å². The number of anilines is 1. The van der Waals surface area contributed by atoms with Gasteiger partial charge in [-0.05, 0) is 0 Å². The highest BCUT2D eigenvalue weighted by molar-refractivity contribution is 5.81. The molecule has 0 amide bonds. The third-order valence-electron chi connectivity index (χ3n) is 3.17. The molecule has 0 saturated carbocycles. The van der Waals surface area contributed by atoms with Gasteiger partial charge in [0.2, 0.25) is 0 Å². The second kappa shape index (κ2) is 4.58. The van der Waals surface area contributed by atoms with Crippen LogP contribution in [0.3, 0.4) is 0 Å². The molecule has 4 atom stereocenters. The summed E-state index contributed by atoms with van der Waals surface area (Å²) in [6.45, 7) is -0.545. The van der Waals surface area contributed by atoms with Crippen LogP contribution in [0.25, 0.3) is 11.2 Å². The zero-order valence-corrected chi connectivity index (χ0v) is 10.0. The second-order valence-corrected chi connectivity index (χ2v) is 4.38. The number of alkyl halides is 1. The van der Waals surface area contributed by atoms with Gasteiger partial charge >= 0.3 is 6.08 Å². The Morgan fingerprint density at radius 1 is 1.45 bits per heavy atom. The Labute approximate surface area is 110 Å². The van der Waals surface area contributed by atoms with Crippen molar-refractivity contribution in [2.24, 2.45) is 0 Å². The first kappa shape index (κ1) is 13.1. The van der Waals surface area contributed by atoms with E-state index in [0.29, 0.717) is 0 Å². The number of rotatable bonds is 2. The van der Waals surface area contributed by atoms with Gasteiger partial charge in [0.15, 0.2) is 29.4 Å². The van der Waals surface area contributed by atoms with Gasteiger partial charge in [-0.25, -0.2) is 9.37 Å². The van der Waals surface area contributed by atoms with E-state index >= 15 is 0 Å². The fraction of sp³-hybridized carbons (Fsp3) is 0.500. The topological polar surface area (TPSA) is 119 Å². The minimum absolute atomic E-state index is 0.0477. The molecule has 4 N–H and O–H groups in total. The van der Waals surface area contributed by atoms with E-state index in [1.807, 2.05) is 0 Å². The van der Waals surface area contributed by atoms with Gasteiger partial charge in [0.05, 0.1) is 12.9 Å². The van der Waals surface area contributed by atoms with Gasteiger partial charge in [0.25, 0.3) is 0 Å². The summed E-state index contributed by atoms with van der Waals surface area (Å²) in [4.78, 5) is 10.7. The molecular weight excluding hydrogens is 276 g/mol. The third-order valence-corrected chi connectivity index (χ3v) is 3.17. The average molecular weight is 287 g/mol. The van der Waals surface area contributed by atoms with Crippen molar-refractivity contribution < 1.29 is 23.7 Å². The molecule has 1 fully saturated rings. The number of nitrogens with two attached hydrogens (primary N) is 1. The van der Waals surface area contributed by atoms with Crippen molar-refractivity contribution in [3.63, 3.8) is 0 Å². The standard InChI is InChI=1S/C10H11F2N5O3/c11-4-6(19)3(1-18)20-9(4)17-2-14-5-7(13)15-10(12)16-8(5)17/h2-4,6,9,18-19H,1H2,(H2,13,15,16)/t3-,4-,6-,9-/m1/s1. The lowest BCUT2D eigenvalue weighted by Gasteiger charge is -2.14. The van der Waals surface area contributed by atoms with Crippen molar-refractivity contribution in [1.29, 1.82) is 0 Å². The lowest BCUT2D eigenvalue weighted by Crippen LogP contribution is -2.30. The van der Waals surface area contributed by atoms with Crippen LogP contribution >= 0.6 is 0 Å². The minimum atomic E-state index is -1.82. The highest BCUT2D eigenvalue weighted by Crippen LogP contribution is 2.33. The number of halogens is 2. The van der Waals surface area contributed by atoms with Crippen LogP contribution in [0.4, 0.5) is 14.6 Å². The molecule has 3 rings (SSSR count). The Bertz CT molecular complexity index is 651. The predicted molar refractivity (Wildman–Crippen MR) is 61.6 cm³/mol. The predicted octanol–water partition coefficient (Wildman–Crippen LogP) is -0.864. The molecule has 3 heterocycles. The monoisotopic (exact) mass is 287 g/mol. The number of nitrogen functional groups attached to an aromatic ring is 1. The highest BCUT2D eigenvalue weighted by atomic mass is 19.1. The fourth-order valence-corrected chi connectivity index (χ4v) is 2.18. The van der Waals surface area contributed by atoms with Gasteiger partial charge in [-0.3, -0.25) is 4.57 Å². The molecule has 0 spiro atoms. The molecule has 10 heteroatoms. The van der Waals surface area contributed by atoms with Crippen LogP contribution in [-0.2, 0) is 4.74 Å². The van der Waals surface area contributed by atoms with Crippen LogP contribution in [0.15, 0.2) is 6.33 Å². The molecule has 108 valence electrons. The van der Waals surface area contributed by atoms with Gasteiger partial charge in [-0.1, -0.05) is 0 Å². The summed E-state index contributed by atoms with van der Waals surface area (Å²) in [5, 5.41) is 18.6. The van der Waals surface area contributed by atoms with Crippen LogP contribution in [-0.4, -0.2) is 54.7 Å². The SMILES string of the molecule is Nc1nc(F)nc2c1ncn2[C@@H]1O[C@H](CO)[C@@H](O)[C@H]1F. The maximum atomic E-state index is 14.0.